The largest absolute Gasteiger partial charge is 0.491 e. The first-order chi connectivity index (χ1) is 13.7. The Labute approximate surface area is 160 Å². The van der Waals surface area contributed by atoms with Crippen LogP contribution in [-0.4, -0.2) is 55.5 Å². The molecule has 10 heteroatoms. The fourth-order valence-electron chi connectivity index (χ4n) is 2.67. The lowest BCUT2D eigenvalue weighted by atomic mass is 10.2. The molecule has 1 atom stereocenters. The minimum atomic E-state index is 0.00376. The van der Waals surface area contributed by atoms with E-state index in [4.69, 9.17) is 9.47 Å². The van der Waals surface area contributed by atoms with Gasteiger partial charge in [-0.2, -0.15) is 14.8 Å². The highest BCUT2D eigenvalue weighted by molar-refractivity contribution is 5.72. The van der Waals surface area contributed by atoms with E-state index < -0.39 is 0 Å². The fourth-order valence-corrected chi connectivity index (χ4v) is 2.67. The maximum Gasteiger partial charge on any atom is 0.225 e. The van der Waals surface area contributed by atoms with Crippen molar-refractivity contribution in [3.8, 4) is 11.4 Å². The molecule has 0 spiro atoms. The van der Waals surface area contributed by atoms with Crippen LogP contribution in [0.15, 0.2) is 42.9 Å². The van der Waals surface area contributed by atoms with Gasteiger partial charge in [0.1, 0.15) is 12.4 Å². The summed E-state index contributed by atoms with van der Waals surface area (Å²) in [5.41, 5.74) is 3.07. The SMILES string of the molecule is COCCOc1ccc(-n2nnc3cnc(NC(C)c4cn[nH]c4)nc32)cc1. The smallest absolute Gasteiger partial charge is 0.225 e. The Bertz CT molecular complexity index is 1030. The van der Waals surface area contributed by atoms with E-state index in [0.717, 1.165) is 17.0 Å². The van der Waals surface area contributed by atoms with Gasteiger partial charge < -0.3 is 14.8 Å². The molecule has 0 aliphatic carbocycles. The molecule has 0 saturated carbocycles. The second-order valence-electron chi connectivity index (χ2n) is 6.14. The van der Waals surface area contributed by atoms with Crippen molar-refractivity contribution in [2.24, 2.45) is 0 Å². The molecule has 2 N–H and O–H groups in total. The summed E-state index contributed by atoms with van der Waals surface area (Å²) in [7, 11) is 1.64. The number of rotatable bonds is 8. The third kappa shape index (κ3) is 3.76. The molecule has 0 radical (unpaired) electrons. The van der Waals surface area contributed by atoms with E-state index in [1.54, 1.807) is 24.2 Å². The van der Waals surface area contributed by atoms with Crippen LogP contribution in [0.4, 0.5) is 5.95 Å². The summed E-state index contributed by atoms with van der Waals surface area (Å²) in [6.07, 6.45) is 5.25. The van der Waals surface area contributed by atoms with Crippen molar-refractivity contribution < 1.29 is 9.47 Å². The zero-order valence-electron chi connectivity index (χ0n) is 15.5. The highest BCUT2D eigenvalue weighted by atomic mass is 16.5. The normalized spacial score (nSPS) is 12.2. The van der Waals surface area contributed by atoms with Crippen molar-refractivity contribution in [2.45, 2.75) is 13.0 Å². The second-order valence-corrected chi connectivity index (χ2v) is 6.14. The molecule has 0 saturated heterocycles. The average molecular weight is 380 g/mol. The zero-order chi connectivity index (χ0) is 19.3. The van der Waals surface area contributed by atoms with Gasteiger partial charge in [0.2, 0.25) is 5.95 Å². The first-order valence-electron chi connectivity index (χ1n) is 8.80. The molecule has 1 aromatic carbocycles. The van der Waals surface area contributed by atoms with Gasteiger partial charge in [-0.1, -0.05) is 5.21 Å². The third-order valence-corrected chi connectivity index (χ3v) is 4.19. The fraction of sp³-hybridized carbons (Fsp3) is 0.278. The Morgan fingerprint density at radius 1 is 1.18 bits per heavy atom. The second kappa shape index (κ2) is 8.01. The van der Waals surface area contributed by atoms with E-state index in [2.05, 4.69) is 35.8 Å². The van der Waals surface area contributed by atoms with Crippen LogP contribution in [0, 0.1) is 0 Å². The lowest BCUT2D eigenvalue weighted by Crippen LogP contribution is -2.09. The number of fused-ring (bicyclic) bond motifs is 1. The first-order valence-corrected chi connectivity index (χ1v) is 8.80. The molecular formula is C18H20N8O2. The number of ether oxygens (including phenoxy) is 2. The Morgan fingerprint density at radius 2 is 2.04 bits per heavy atom. The number of aromatic nitrogens is 7. The topological polar surface area (TPSA) is 116 Å². The van der Waals surface area contributed by atoms with Gasteiger partial charge in [0.15, 0.2) is 11.2 Å². The van der Waals surface area contributed by atoms with Crippen molar-refractivity contribution in [1.82, 2.24) is 35.2 Å². The third-order valence-electron chi connectivity index (χ3n) is 4.19. The molecular weight excluding hydrogens is 360 g/mol. The summed E-state index contributed by atoms with van der Waals surface area (Å²) in [4.78, 5) is 8.90. The summed E-state index contributed by atoms with van der Waals surface area (Å²) in [6.45, 7) is 3.05. The summed E-state index contributed by atoms with van der Waals surface area (Å²) in [6, 6.07) is 7.56. The molecule has 0 amide bonds. The Hall–Kier alpha value is -3.53. The molecule has 3 heterocycles. The van der Waals surface area contributed by atoms with Gasteiger partial charge in [0, 0.05) is 18.9 Å². The lowest BCUT2D eigenvalue weighted by molar-refractivity contribution is 0.146. The van der Waals surface area contributed by atoms with Crippen LogP contribution in [0.3, 0.4) is 0 Å². The number of anilines is 1. The Balaban J connectivity index is 1.56. The lowest BCUT2D eigenvalue weighted by Gasteiger charge is -2.11. The van der Waals surface area contributed by atoms with E-state index >= 15 is 0 Å². The molecule has 0 aliphatic rings. The van der Waals surface area contributed by atoms with Crippen LogP contribution in [-0.2, 0) is 4.74 Å². The number of aromatic amines is 1. The predicted molar refractivity (Wildman–Crippen MR) is 102 cm³/mol. The minimum Gasteiger partial charge on any atom is -0.491 e. The number of hydrogen-bond acceptors (Lipinski definition) is 8. The molecule has 3 aromatic heterocycles. The van der Waals surface area contributed by atoms with Crippen molar-refractivity contribution >= 4 is 17.1 Å². The summed E-state index contributed by atoms with van der Waals surface area (Å²) in [5, 5.41) is 18.4. The standard InChI is InChI=1S/C18H20N8O2/c1-12(13-9-20-21-10-13)22-18-19-11-16-17(23-18)26(25-24-16)14-3-5-15(6-4-14)28-8-7-27-2/h3-6,9-12H,7-8H2,1-2H3,(H,20,21)(H,19,22,23). The van der Waals surface area contributed by atoms with Crippen molar-refractivity contribution in [3.63, 3.8) is 0 Å². The summed E-state index contributed by atoms with van der Waals surface area (Å²) in [5.74, 6) is 1.25. The van der Waals surface area contributed by atoms with Crippen LogP contribution in [0.5, 0.6) is 5.75 Å². The number of H-pyrrole nitrogens is 1. The van der Waals surface area contributed by atoms with E-state index in [0.29, 0.717) is 30.3 Å². The van der Waals surface area contributed by atoms with E-state index in [1.807, 2.05) is 37.4 Å². The monoisotopic (exact) mass is 380 g/mol. The highest BCUT2D eigenvalue weighted by Crippen LogP contribution is 2.20. The quantitative estimate of drug-likeness (QED) is 0.447. The minimum absolute atomic E-state index is 0.00376. The van der Waals surface area contributed by atoms with Crippen LogP contribution in [0.1, 0.15) is 18.5 Å². The van der Waals surface area contributed by atoms with E-state index in [-0.39, 0.29) is 6.04 Å². The number of nitrogens with zero attached hydrogens (tertiary/aromatic N) is 6. The predicted octanol–water partition coefficient (Wildman–Crippen LogP) is 2.13. The van der Waals surface area contributed by atoms with Crippen molar-refractivity contribution in [2.75, 3.05) is 25.6 Å². The number of hydrogen-bond donors (Lipinski definition) is 2. The first kappa shape index (κ1) is 17.9. The van der Waals surface area contributed by atoms with Gasteiger partial charge in [-0.3, -0.25) is 5.10 Å². The van der Waals surface area contributed by atoms with Gasteiger partial charge in [-0.15, -0.1) is 5.10 Å². The highest BCUT2D eigenvalue weighted by Gasteiger charge is 2.13. The van der Waals surface area contributed by atoms with Crippen LogP contribution < -0.4 is 10.1 Å². The van der Waals surface area contributed by atoms with Gasteiger partial charge in [-0.25, -0.2) is 4.98 Å². The van der Waals surface area contributed by atoms with E-state index in [9.17, 15) is 0 Å². The zero-order valence-corrected chi connectivity index (χ0v) is 15.5. The molecule has 1 unspecified atom stereocenters. The molecule has 4 rings (SSSR count). The van der Waals surface area contributed by atoms with Crippen molar-refractivity contribution in [3.05, 3.63) is 48.4 Å². The van der Waals surface area contributed by atoms with Gasteiger partial charge in [-0.05, 0) is 31.2 Å². The number of methoxy groups -OCH3 is 1. The van der Waals surface area contributed by atoms with Gasteiger partial charge >= 0.3 is 0 Å². The molecule has 10 nitrogen and oxygen atoms in total. The molecule has 0 fully saturated rings. The number of benzene rings is 1. The molecule has 144 valence electrons. The maximum atomic E-state index is 5.59. The average Bonchev–Trinajstić information content (AvgIpc) is 3.39. The van der Waals surface area contributed by atoms with Gasteiger partial charge in [0.05, 0.1) is 30.7 Å². The summed E-state index contributed by atoms with van der Waals surface area (Å²) < 4.78 is 12.2. The number of nitrogens with one attached hydrogen (secondary N) is 2. The van der Waals surface area contributed by atoms with Crippen LogP contribution >= 0.6 is 0 Å². The van der Waals surface area contributed by atoms with Gasteiger partial charge in [0.25, 0.3) is 0 Å². The maximum absolute atomic E-state index is 5.59. The Kier molecular flexibility index (Phi) is 5.11. The molecule has 0 aliphatic heterocycles. The van der Waals surface area contributed by atoms with Crippen LogP contribution in [0.25, 0.3) is 16.9 Å². The molecule has 28 heavy (non-hydrogen) atoms. The summed E-state index contributed by atoms with van der Waals surface area (Å²) >= 11 is 0. The van der Waals surface area contributed by atoms with Crippen molar-refractivity contribution in [1.29, 1.82) is 0 Å². The van der Waals surface area contributed by atoms with Crippen LogP contribution in [0.2, 0.25) is 0 Å². The Morgan fingerprint density at radius 3 is 2.79 bits per heavy atom. The van der Waals surface area contributed by atoms with E-state index in [1.165, 1.54) is 0 Å². The molecule has 4 aromatic rings. The molecule has 0 bridgehead atoms.